The van der Waals surface area contributed by atoms with Crippen LogP contribution in [0.1, 0.15) is 23.9 Å². The Morgan fingerprint density at radius 3 is 3.00 bits per heavy atom. The predicted molar refractivity (Wildman–Crippen MR) is 99.1 cm³/mol. The van der Waals surface area contributed by atoms with Gasteiger partial charge >= 0.3 is 0 Å². The van der Waals surface area contributed by atoms with Gasteiger partial charge in [0.25, 0.3) is 0 Å². The summed E-state index contributed by atoms with van der Waals surface area (Å²) >= 11 is 6.34. The molecule has 1 saturated heterocycles. The van der Waals surface area contributed by atoms with E-state index in [1.54, 1.807) is 18.4 Å². The Labute approximate surface area is 161 Å². The first-order valence-corrected chi connectivity index (χ1v) is 9.21. The molecule has 2 aromatic heterocycles. The van der Waals surface area contributed by atoms with E-state index in [1.807, 2.05) is 29.2 Å². The topological polar surface area (TPSA) is 84.4 Å². The highest BCUT2D eigenvalue weighted by Crippen LogP contribution is 2.29. The molecular weight excluding hydrogens is 368 g/mol. The van der Waals surface area contributed by atoms with Crippen LogP contribution >= 0.6 is 11.6 Å². The average molecular weight is 387 g/mol. The number of furan rings is 1. The van der Waals surface area contributed by atoms with Crippen LogP contribution < -0.4 is 5.32 Å². The van der Waals surface area contributed by atoms with Crippen molar-refractivity contribution in [2.45, 2.75) is 18.9 Å². The van der Waals surface area contributed by atoms with Crippen LogP contribution in [0.2, 0.25) is 5.02 Å². The van der Waals surface area contributed by atoms with Crippen LogP contribution in [0.15, 0.2) is 51.6 Å². The van der Waals surface area contributed by atoms with Gasteiger partial charge in [-0.05, 0) is 23.8 Å². The third-order valence-electron chi connectivity index (χ3n) is 4.59. The number of carbonyl (C=O) groups is 1. The van der Waals surface area contributed by atoms with E-state index in [1.165, 1.54) is 0 Å². The molecule has 8 heteroatoms. The summed E-state index contributed by atoms with van der Waals surface area (Å²) in [6.07, 6.45) is 2.22. The molecule has 27 heavy (non-hydrogen) atoms. The van der Waals surface area contributed by atoms with E-state index in [0.717, 1.165) is 12.1 Å². The van der Waals surface area contributed by atoms with Gasteiger partial charge in [0, 0.05) is 37.5 Å². The Hall–Kier alpha value is -2.64. The Kier molecular flexibility index (Phi) is 5.22. The lowest BCUT2D eigenvalue weighted by atomic mass is 10.0. The van der Waals surface area contributed by atoms with Crippen molar-refractivity contribution in [2.24, 2.45) is 0 Å². The van der Waals surface area contributed by atoms with Crippen molar-refractivity contribution in [1.29, 1.82) is 0 Å². The van der Waals surface area contributed by atoms with Gasteiger partial charge in [-0.25, -0.2) is 0 Å². The fraction of sp³-hybridized carbons (Fsp3) is 0.316. The summed E-state index contributed by atoms with van der Waals surface area (Å²) in [6.45, 7) is 2.07. The number of nitrogens with zero attached hydrogens (tertiary/aromatic N) is 3. The number of rotatable bonds is 5. The van der Waals surface area contributed by atoms with Crippen LogP contribution in [0.5, 0.6) is 0 Å². The zero-order valence-corrected chi connectivity index (χ0v) is 15.4. The van der Waals surface area contributed by atoms with Gasteiger partial charge in [0.2, 0.25) is 17.6 Å². The molecule has 0 spiro atoms. The summed E-state index contributed by atoms with van der Waals surface area (Å²) in [5.41, 5.74) is 0.956. The molecule has 0 bridgehead atoms. The fourth-order valence-electron chi connectivity index (χ4n) is 3.25. The van der Waals surface area contributed by atoms with Crippen molar-refractivity contribution in [3.05, 3.63) is 59.1 Å². The molecule has 0 saturated carbocycles. The maximum Gasteiger partial charge on any atom is 0.238 e. The van der Waals surface area contributed by atoms with Crippen molar-refractivity contribution in [1.82, 2.24) is 20.4 Å². The molecule has 0 radical (unpaired) electrons. The van der Waals surface area contributed by atoms with Gasteiger partial charge in [0.15, 0.2) is 5.76 Å². The van der Waals surface area contributed by atoms with Crippen LogP contribution in [0, 0.1) is 0 Å². The number of hydrogen-bond acceptors (Lipinski definition) is 6. The quantitative estimate of drug-likeness (QED) is 0.725. The van der Waals surface area contributed by atoms with Gasteiger partial charge in [-0.1, -0.05) is 35.0 Å². The first-order chi connectivity index (χ1) is 13.2. The maximum absolute atomic E-state index is 12.8. The SMILES string of the molecule is O=C(CCc1nc(-c2ccco2)no1)N1CCNCC1c1ccccc1Cl. The number of aromatic nitrogens is 2. The maximum atomic E-state index is 12.8. The lowest BCUT2D eigenvalue weighted by molar-refractivity contribution is -0.134. The van der Waals surface area contributed by atoms with E-state index in [-0.39, 0.29) is 11.9 Å². The van der Waals surface area contributed by atoms with Crippen LogP contribution in [0.3, 0.4) is 0 Å². The summed E-state index contributed by atoms with van der Waals surface area (Å²) in [5.74, 6) is 1.38. The lowest BCUT2D eigenvalue weighted by Gasteiger charge is -2.37. The number of benzene rings is 1. The summed E-state index contributed by atoms with van der Waals surface area (Å²) in [5, 5.41) is 7.90. The van der Waals surface area contributed by atoms with E-state index in [2.05, 4.69) is 15.5 Å². The molecule has 3 heterocycles. The Balaban J connectivity index is 1.43. The highest BCUT2D eigenvalue weighted by molar-refractivity contribution is 6.31. The second-order valence-corrected chi connectivity index (χ2v) is 6.72. The van der Waals surface area contributed by atoms with Crippen LogP contribution in [0.4, 0.5) is 0 Å². The summed E-state index contributed by atoms with van der Waals surface area (Å²) < 4.78 is 10.5. The number of nitrogens with one attached hydrogen (secondary N) is 1. The minimum absolute atomic E-state index is 0.0409. The number of carbonyl (C=O) groups excluding carboxylic acids is 1. The molecule has 0 aliphatic carbocycles. The first kappa shape index (κ1) is 17.8. The molecule has 1 fully saturated rings. The van der Waals surface area contributed by atoms with Crippen molar-refractivity contribution in [3.63, 3.8) is 0 Å². The molecule has 1 N–H and O–H groups in total. The van der Waals surface area contributed by atoms with E-state index >= 15 is 0 Å². The van der Waals surface area contributed by atoms with Gasteiger partial charge in [0.05, 0.1) is 12.3 Å². The van der Waals surface area contributed by atoms with Crippen molar-refractivity contribution >= 4 is 17.5 Å². The van der Waals surface area contributed by atoms with Crippen molar-refractivity contribution in [2.75, 3.05) is 19.6 Å². The van der Waals surface area contributed by atoms with Crippen LogP contribution in [-0.2, 0) is 11.2 Å². The molecule has 7 nitrogen and oxygen atoms in total. The smallest absolute Gasteiger partial charge is 0.238 e. The minimum Gasteiger partial charge on any atom is -0.461 e. The monoisotopic (exact) mass is 386 g/mol. The Bertz CT molecular complexity index is 909. The third-order valence-corrected chi connectivity index (χ3v) is 4.93. The van der Waals surface area contributed by atoms with E-state index in [9.17, 15) is 4.79 Å². The van der Waals surface area contributed by atoms with Gasteiger partial charge in [-0.15, -0.1) is 0 Å². The normalized spacial score (nSPS) is 17.2. The standard InChI is InChI=1S/C19H19ClN4O3/c20-14-5-2-1-4-13(14)15-12-21-9-10-24(15)18(25)8-7-17-22-19(23-27-17)16-6-3-11-26-16/h1-6,11,15,21H,7-10,12H2. The molecule has 3 aromatic rings. The van der Waals surface area contributed by atoms with Gasteiger partial charge in [0.1, 0.15) is 0 Å². The number of hydrogen-bond donors (Lipinski definition) is 1. The number of halogens is 1. The zero-order valence-electron chi connectivity index (χ0n) is 14.6. The number of piperazine rings is 1. The molecular formula is C19H19ClN4O3. The molecule has 1 aromatic carbocycles. The summed E-state index contributed by atoms with van der Waals surface area (Å²) in [4.78, 5) is 19.0. The molecule has 1 amide bonds. The second kappa shape index (κ2) is 7.94. The van der Waals surface area contributed by atoms with E-state index in [4.69, 9.17) is 20.5 Å². The van der Waals surface area contributed by atoms with E-state index in [0.29, 0.717) is 48.4 Å². The number of amides is 1. The Morgan fingerprint density at radius 2 is 2.19 bits per heavy atom. The van der Waals surface area contributed by atoms with Gasteiger partial charge in [-0.2, -0.15) is 4.98 Å². The second-order valence-electron chi connectivity index (χ2n) is 6.32. The zero-order chi connectivity index (χ0) is 18.6. The molecule has 1 atom stereocenters. The molecule has 4 rings (SSSR count). The summed E-state index contributed by atoms with van der Waals surface area (Å²) in [7, 11) is 0. The molecule has 1 aliphatic rings. The van der Waals surface area contributed by atoms with Crippen LogP contribution in [-0.4, -0.2) is 40.6 Å². The van der Waals surface area contributed by atoms with Crippen molar-refractivity contribution < 1.29 is 13.7 Å². The molecule has 1 unspecified atom stereocenters. The lowest BCUT2D eigenvalue weighted by Crippen LogP contribution is -2.48. The highest BCUT2D eigenvalue weighted by atomic mass is 35.5. The average Bonchev–Trinajstić information content (AvgIpc) is 3.38. The highest BCUT2D eigenvalue weighted by Gasteiger charge is 2.29. The third kappa shape index (κ3) is 3.89. The largest absolute Gasteiger partial charge is 0.461 e. The van der Waals surface area contributed by atoms with Crippen molar-refractivity contribution in [3.8, 4) is 11.6 Å². The molecule has 1 aliphatic heterocycles. The Morgan fingerprint density at radius 1 is 1.30 bits per heavy atom. The predicted octanol–water partition coefficient (Wildman–Crippen LogP) is 3.09. The van der Waals surface area contributed by atoms with E-state index < -0.39 is 0 Å². The minimum atomic E-state index is -0.0821. The first-order valence-electron chi connectivity index (χ1n) is 8.83. The van der Waals surface area contributed by atoms with Gasteiger partial charge < -0.3 is 19.2 Å². The van der Waals surface area contributed by atoms with Gasteiger partial charge in [-0.3, -0.25) is 4.79 Å². The molecule has 140 valence electrons. The number of aryl methyl sites for hydroxylation is 1. The summed E-state index contributed by atoms with van der Waals surface area (Å²) in [6, 6.07) is 11.1. The fourth-order valence-corrected chi connectivity index (χ4v) is 3.51. The van der Waals surface area contributed by atoms with Crippen LogP contribution in [0.25, 0.3) is 11.6 Å².